The Balaban J connectivity index is 1.69. The van der Waals surface area contributed by atoms with Crippen molar-refractivity contribution in [2.24, 2.45) is 16.9 Å². The van der Waals surface area contributed by atoms with Crippen molar-refractivity contribution in [2.75, 3.05) is 50.7 Å². The van der Waals surface area contributed by atoms with Crippen molar-refractivity contribution in [1.29, 1.82) is 0 Å². The Morgan fingerprint density at radius 2 is 1.83 bits per heavy atom. The molecule has 6 heteroatoms. The SMILES string of the molecule is CCN1CCN(c2cc(C)c3cc(CC(=S)CCC(C)(CN)CN)ccc3n2)CC1. The standard InChI is InChI=1S/C24H37N5S/c1-4-28-9-11-29(12-10-28)23-13-18(2)21-15-19(5-6-22(21)27-23)14-20(30)7-8-24(3,16-25)17-26/h5-6,13,15H,4,7-12,14,16-17,25-26H2,1-3H3. The molecule has 0 unspecified atom stereocenters. The number of nitrogens with zero attached hydrogens (tertiary/aromatic N) is 3. The van der Waals surface area contributed by atoms with E-state index in [2.05, 4.69) is 54.8 Å². The van der Waals surface area contributed by atoms with Gasteiger partial charge < -0.3 is 21.3 Å². The summed E-state index contributed by atoms with van der Waals surface area (Å²) in [7, 11) is 0. The van der Waals surface area contributed by atoms with Crippen molar-refractivity contribution < 1.29 is 0 Å². The number of pyridine rings is 1. The Kier molecular flexibility index (Phi) is 7.80. The van der Waals surface area contributed by atoms with Gasteiger partial charge in [-0.05, 0) is 79.0 Å². The van der Waals surface area contributed by atoms with Gasteiger partial charge in [-0.1, -0.05) is 32.1 Å². The number of likely N-dealkylation sites (N-methyl/N-ethyl adjacent to an activating group) is 1. The molecule has 0 bridgehead atoms. The lowest BCUT2D eigenvalue weighted by Crippen LogP contribution is -2.46. The molecule has 0 radical (unpaired) electrons. The normalized spacial score (nSPS) is 15.7. The zero-order valence-electron chi connectivity index (χ0n) is 18.8. The molecule has 1 aliphatic rings. The summed E-state index contributed by atoms with van der Waals surface area (Å²) in [5.41, 5.74) is 15.3. The van der Waals surface area contributed by atoms with Gasteiger partial charge in [0.05, 0.1) is 5.52 Å². The number of aromatic nitrogens is 1. The molecule has 1 aromatic heterocycles. The van der Waals surface area contributed by atoms with Crippen LogP contribution in [0.1, 0.15) is 37.8 Å². The number of anilines is 1. The summed E-state index contributed by atoms with van der Waals surface area (Å²) in [5.74, 6) is 1.10. The Hall–Kier alpha value is -1.60. The van der Waals surface area contributed by atoms with Crippen LogP contribution < -0.4 is 16.4 Å². The summed E-state index contributed by atoms with van der Waals surface area (Å²) in [6.45, 7) is 13.2. The minimum Gasteiger partial charge on any atom is -0.354 e. The molecule has 0 amide bonds. The van der Waals surface area contributed by atoms with Crippen LogP contribution in [0.4, 0.5) is 5.82 Å². The van der Waals surface area contributed by atoms with E-state index >= 15 is 0 Å². The van der Waals surface area contributed by atoms with Crippen LogP contribution >= 0.6 is 12.2 Å². The molecule has 0 aliphatic carbocycles. The van der Waals surface area contributed by atoms with Crippen molar-refractivity contribution in [2.45, 2.75) is 40.0 Å². The van der Waals surface area contributed by atoms with Crippen LogP contribution in [0, 0.1) is 12.3 Å². The van der Waals surface area contributed by atoms with E-state index in [1.807, 2.05) is 0 Å². The van der Waals surface area contributed by atoms with E-state index in [1.54, 1.807) is 0 Å². The predicted molar refractivity (Wildman–Crippen MR) is 133 cm³/mol. The molecule has 164 valence electrons. The van der Waals surface area contributed by atoms with E-state index in [-0.39, 0.29) is 5.41 Å². The molecule has 0 saturated carbocycles. The molecule has 1 saturated heterocycles. The fourth-order valence-electron chi connectivity index (χ4n) is 4.03. The number of rotatable bonds is 9. The van der Waals surface area contributed by atoms with E-state index in [0.717, 1.165) is 68.2 Å². The maximum Gasteiger partial charge on any atom is 0.129 e. The van der Waals surface area contributed by atoms with E-state index in [9.17, 15) is 0 Å². The molecule has 2 aromatic rings. The first-order chi connectivity index (χ1) is 14.4. The molecule has 1 aromatic carbocycles. The number of benzene rings is 1. The van der Waals surface area contributed by atoms with Crippen LogP contribution in [0.15, 0.2) is 24.3 Å². The Morgan fingerprint density at radius 3 is 2.47 bits per heavy atom. The van der Waals surface area contributed by atoms with Gasteiger partial charge in [-0.15, -0.1) is 0 Å². The molecular formula is C24H37N5S. The molecule has 1 aliphatic heterocycles. The van der Waals surface area contributed by atoms with Crippen molar-refractivity contribution >= 4 is 33.8 Å². The summed E-state index contributed by atoms with van der Waals surface area (Å²) in [5, 5.41) is 1.22. The highest BCUT2D eigenvalue weighted by Crippen LogP contribution is 2.26. The fraction of sp³-hybridized carbons (Fsp3) is 0.583. The minimum absolute atomic E-state index is 0.0209. The van der Waals surface area contributed by atoms with Crippen LogP contribution in [-0.4, -0.2) is 60.6 Å². The molecule has 0 atom stereocenters. The van der Waals surface area contributed by atoms with Gasteiger partial charge in [-0.3, -0.25) is 0 Å². The van der Waals surface area contributed by atoms with Gasteiger partial charge in [0.15, 0.2) is 0 Å². The third-order valence-corrected chi connectivity index (χ3v) is 6.95. The van der Waals surface area contributed by atoms with Gasteiger partial charge in [0, 0.05) is 38.0 Å². The third-order valence-electron chi connectivity index (χ3n) is 6.60. The van der Waals surface area contributed by atoms with Crippen LogP contribution in [0.3, 0.4) is 0 Å². The highest BCUT2D eigenvalue weighted by molar-refractivity contribution is 7.80. The summed E-state index contributed by atoms with van der Waals surface area (Å²) in [6.07, 6.45) is 2.65. The lowest BCUT2D eigenvalue weighted by molar-refractivity contribution is 0.270. The second kappa shape index (κ2) is 10.1. The first-order valence-electron chi connectivity index (χ1n) is 11.2. The molecule has 0 spiro atoms. The quantitative estimate of drug-likeness (QED) is 0.598. The summed E-state index contributed by atoms with van der Waals surface area (Å²) < 4.78 is 0. The lowest BCUT2D eigenvalue weighted by atomic mass is 9.84. The first-order valence-corrected chi connectivity index (χ1v) is 11.6. The van der Waals surface area contributed by atoms with Gasteiger partial charge in [-0.2, -0.15) is 0 Å². The number of fused-ring (bicyclic) bond motifs is 1. The van der Waals surface area contributed by atoms with Gasteiger partial charge >= 0.3 is 0 Å². The van der Waals surface area contributed by atoms with Crippen molar-refractivity contribution in [3.05, 3.63) is 35.4 Å². The van der Waals surface area contributed by atoms with E-state index in [4.69, 9.17) is 28.7 Å². The van der Waals surface area contributed by atoms with Crippen molar-refractivity contribution in [1.82, 2.24) is 9.88 Å². The van der Waals surface area contributed by atoms with Gasteiger partial charge in [0.1, 0.15) is 5.82 Å². The number of piperazine rings is 1. The zero-order valence-corrected chi connectivity index (χ0v) is 19.6. The van der Waals surface area contributed by atoms with Crippen LogP contribution in [0.2, 0.25) is 0 Å². The molecule has 4 N–H and O–H groups in total. The lowest BCUT2D eigenvalue weighted by Gasteiger charge is -2.35. The number of nitrogens with two attached hydrogens (primary N) is 2. The highest BCUT2D eigenvalue weighted by Gasteiger charge is 2.21. The van der Waals surface area contributed by atoms with Crippen LogP contribution in [0.25, 0.3) is 10.9 Å². The highest BCUT2D eigenvalue weighted by atomic mass is 32.1. The van der Waals surface area contributed by atoms with Crippen LogP contribution in [0.5, 0.6) is 0 Å². The minimum atomic E-state index is -0.0209. The Bertz CT molecular complexity index is 869. The zero-order chi connectivity index (χ0) is 21.7. The monoisotopic (exact) mass is 427 g/mol. The van der Waals surface area contributed by atoms with E-state index in [1.165, 1.54) is 16.5 Å². The molecule has 2 heterocycles. The first kappa shape index (κ1) is 23.1. The number of hydrogen-bond acceptors (Lipinski definition) is 6. The smallest absolute Gasteiger partial charge is 0.129 e. The van der Waals surface area contributed by atoms with Crippen LogP contribution in [-0.2, 0) is 6.42 Å². The Morgan fingerprint density at radius 1 is 1.13 bits per heavy atom. The second-order valence-electron chi connectivity index (χ2n) is 9.00. The second-order valence-corrected chi connectivity index (χ2v) is 9.58. The van der Waals surface area contributed by atoms with Crippen molar-refractivity contribution in [3.8, 4) is 0 Å². The van der Waals surface area contributed by atoms with Gasteiger partial charge in [0.25, 0.3) is 0 Å². The molecule has 1 fully saturated rings. The number of hydrogen-bond donors (Lipinski definition) is 2. The van der Waals surface area contributed by atoms with Gasteiger partial charge in [-0.25, -0.2) is 4.98 Å². The van der Waals surface area contributed by atoms with E-state index < -0.39 is 0 Å². The van der Waals surface area contributed by atoms with Gasteiger partial charge in [0.2, 0.25) is 0 Å². The number of aryl methyl sites for hydroxylation is 1. The van der Waals surface area contributed by atoms with Crippen molar-refractivity contribution in [3.63, 3.8) is 0 Å². The summed E-state index contributed by atoms with van der Waals surface area (Å²) in [4.78, 5) is 10.9. The average Bonchev–Trinajstić information content (AvgIpc) is 2.78. The molecule has 30 heavy (non-hydrogen) atoms. The fourth-order valence-corrected chi connectivity index (χ4v) is 4.30. The van der Waals surface area contributed by atoms with E-state index in [0.29, 0.717) is 13.1 Å². The largest absolute Gasteiger partial charge is 0.354 e. The average molecular weight is 428 g/mol. The molecule has 3 rings (SSSR count). The predicted octanol–water partition coefficient (Wildman–Crippen LogP) is 3.30. The molecule has 5 nitrogen and oxygen atoms in total. The number of thiocarbonyl (C=S) groups is 1. The summed E-state index contributed by atoms with van der Waals surface area (Å²) in [6, 6.07) is 8.81. The maximum absolute atomic E-state index is 5.88. The molecular weight excluding hydrogens is 390 g/mol. The summed E-state index contributed by atoms with van der Waals surface area (Å²) >= 11 is 5.67. The Labute approximate surface area is 186 Å². The maximum atomic E-state index is 5.88. The third kappa shape index (κ3) is 5.55. The topological polar surface area (TPSA) is 71.4 Å².